The fourth-order valence-electron chi connectivity index (χ4n) is 2.22. The summed E-state index contributed by atoms with van der Waals surface area (Å²) in [5.74, 6) is 0.286. The van der Waals surface area contributed by atoms with E-state index in [1.165, 1.54) is 5.56 Å². The summed E-state index contributed by atoms with van der Waals surface area (Å²) < 4.78 is 4.98. The number of rotatable bonds is 10. The molecular weight excluding hydrogens is 304 g/mol. The summed E-state index contributed by atoms with van der Waals surface area (Å²) in [6.07, 6.45) is 4.28. The van der Waals surface area contributed by atoms with Crippen molar-refractivity contribution in [3.05, 3.63) is 53.9 Å². The van der Waals surface area contributed by atoms with Gasteiger partial charge in [0, 0.05) is 33.0 Å². The number of carbonyl (C=O) groups excluding carboxylic acids is 1. The fourth-order valence-corrected chi connectivity index (χ4v) is 2.22. The van der Waals surface area contributed by atoms with Gasteiger partial charge in [-0.1, -0.05) is 30.3 Å². The summed E-state index contributed by atoms with van der Waals surface area (Å²) in [6, 6.07) is 11.8. The van der Waals surface area contributed by atoms with E-state index in [2.05, 4.69) is 32.7 Å². The lowest BCUT2D eigenvalue weighted by Crippen LogP contribution is -2.26. The molecule has 1 aromatic heterocycles. The Morgan fingerprint density at radius 3 is 2.75 bits per heavy atom. The number of aromatic nitrogens is 2. The molecule has 0 spiro atoms. The number of hydrogen-bond acceptors (Lipinski definition) is 5. The Morgan fingerprint density at radius 1 is 1.12 bits per heavy atom. The Labute approximate surface area is 142 Å². The Kier molecular flexibility index (Phi) is 7.70. The smallest absolute Gasteiger partial charge is 0.270 e. The van der Waals surface area contributed by atoms with Gasteiger partial charge in [-0.2, -0.15) is 0 Å². The van der Waals surface area contributed by atoms with Gasteiger partial charge in [0.1, 0.15) is 5.69 Å². The molecule has 0 saturated heterocycles. The first-order valence-corrected chi connectivity index (χ1v) is 8.17. The Bertz CT molecular complexity index is 619. The maximum Gasteiger partial charge on any atom is 0.270 e. The first-order chi connectivity index (χ1) is 11.8. The number of nitrogens with one attached hydrogen (secondary N) is 2. The predicted molar refractivity (Wildman–Crippen MR) is 94.1 cm³/mol. The van der Waals surface area contributed by atoms with Gasteiger partial charge < -0.3 is 15.4 Å². The van der Waals surface area contributed by atoms with E-state index in [1.807, 2.05) is 18.2 Å². The highest BCUT2D eigenvalue weighted by molar-refractivity contribution is 5.92. The molecule has 6 heteroatoms. The summed E-state index contributed by atoms with van der Waals surface area (Å²) in [7, 11) is 1.67. The molecule has 24 heavy (non-hydrogen) atoms. The van der Waals surface area contributed by atoms with E-state index in [9.17, 15) is 4.79 Å². The molecular formula is C18H24N4O2. The Balaban J connectivity index is 1.73. The van der Waals surface area contributed by atoms with Crippen molar-refractivity contribution in [2.24, 2.45) is 0 Å². The summed E-state index contributed by atoms with van der Waals surface area (Å²) in [5.41, 5.74) is 1.65. The number of aryl methyl sites for hydroxylation is 1. The minimum atomic E-state index is -0.176. The Morgan fingerprint density at radius 2 is 1.96 bits per heavy atom. The third-order valence-electron chi connectivity index (χ3n) is 3.47. The third kappa shape index (κ3) is 6.34. The average molecular weight is 328 g/mol. The van der Waals surface area contributed by atoms with Gasteiger partial charge in [-0.3, -0.25) is 4.79 Å². The molecule has 0 fully saturated rings. The number of hydrogen-bond donors (Lipinski definition) is 2. The zero-order valence-corrected chi connectivity index (χ0v) is 14.0. The van der Waals surface area contributed by atoms with E-state index >= 15 is 0 Å². The van der Waals surface area contributed by atoms with Crippen molar-refractivity contribution in [2.45, 2.75) is 19.3 Å². The van der Waals surface area contributed by atoms with Crippen LogP contribution in [-0.2, 0) is 11.2 Å². The van der Waals surface area contributed by atoms with Gasteiger partial charge in [0.25, 0.3) is 5.91 Å². The molecule has 1 heterocycles. The van der Waals surface area contributed by atoms with Gasteiger partial charge >= 0.3 is 0 Å². The first-order valence-electron chi connectivity index (χ1n) is 8.17. The average Bonchev–Trinajstić information content (AvgIpc) is 2.63. The molecule has 0 unspecified atom stereocenters. The van der Waals surface area contributed by atoms with Gasteiger partial charge in [-0.15, -0.1) is 0 Å². The lowest BCUT2D eigenvalue weighted by atomic mass is 10.1. The summed E-state index contributed by atoms with van der Waals surface area (Å²) in [6.45, 7) is 2.00. The van der Waals surface area contributed by atoms with Crippen molar-refractivity contribution in [2.75, 3.05) is 32.1 Å². The molecule has 2 N–H and O–H groups in total. The number of ether oxygens (including phenoxy) is 1. The number of benzene rings is 1. The van der Waals surface area contributed by atoms with Crippen LogP contribution in [0.3, 0.4) is 0 Å². The van der Waals surface area contributed by atoms with E-state index in [0.717, 1.165) is 19.3 Å². The maximum atomic E-state index is 12.1. The van der Waals surface area contributed by atoms with Crippen LogP contribution in [-0.4, -0.2) is 42.7 Å². The molecule has 0 radical (unpaired) electrons. The highest BCUT2D eigenvalue weighted by atomic mass is 16.5. The second kappa shape index (κ2) is 10.3. The second-order valence-corrected chi connectivity index (χ2v) is 5.38. The van der Waals surface area contributed by atoms with Crippen LogP contribution in [0.2, 0.25) is 0 Å². The summed E-state index contributed by atoms with van der Waals surface area (Å²) in [5, 5.41) is 5.98. The van der Waals surface area contributed by atoms with Crippen LogP contribution in [0.15, 0.2) is 42.6 Å². The summed E-state index contributed by atoms with van der Waals surface area (Å²) in [4.78, 5) is 20.5. The van der Waals surface area contributed by atoms with E-state index in [-0.39, 0.29) is 5.91 Å². The highest BCUT2D eigenvalue weighted by Crippen LogP contribution is 2.03. The highest BCUT2D eigenvalue weighted by Gasteiger charge is 2.08. The molecule has 6 nitrogen and oxygen atoms in total. The van der Waals surface area contributed by atoms with Crippen LogP contribution < -0.4 is 10.6 Å². The zero-order valence-electron chi connectivity index (χ0n) is 14.0. The van der Waals surface area contributed by atoms with Gasteiger partial charge in [0.15, 0.2) is 0 Å². The zero-order chi connectivity index (χ0) is 17.0. The fraction of sp³-hybridized carbons (Fsp3) is 0.389. The number of amides is 1. The van der Waals surface area contributed by atoms with Gasteiger partial charge in [-0.05, 0) is 30.9 Å². The lowest BCUT2D eigenvalue weighted by Gasteiger charge is -2.07. The molecule has 1 amide bonds. The van der Waals surface area contributed by atoms with Crippen LogP contribution in [0.1, 0.15) is 28.9 Å². The molecule has 0 aliphatic carbocycles. The van der Waals surface area contributed by atoms with Crippen molar-refractivity contribution in [1.29, 1.82) is 0 Å². The molecule has 0 bridgehead atoms. The normalized spacial score (nSPS) is 10.4. The minimum Gasteiger partial charge on any atom is -0.385 e. The molecule has 0 atom stereocenters. The van der Waals surface area contributed by atoms with E-state index < -0.39 is 0 Å². The maximum absolute atomic E-state index is 12.1. The van der Waals surface area contributed by atoms with Gasteiger partial charge in [0.05, 0.1) is 0 Å². The van der Waals surface area contributed by atoms with Crippen LogP contribution in [0, 0.1) is 0 Å². The molecule has 0 aliphatic heterocycles. The van der Waals surface area contributed by atoms with Crippen LogP contribution >= 0.6 is 0 Å². The molecule has 1 aromatic carbocycles. The van der Waals surface area contributed by atoms with E-state index in [0.29, 0.717) is 31.3 Å². The van der Waals surface area contributed by atoms with Crippen molar-refractivity contribution < 1.29 is 9.53 Å². The van der Waals surface area contributed by atoms with E-state index in [1.54, 1.807) is 19.4 Å². The number of anilines is 1. The van der Waals surface area contributed by atoms with Crippen molar-refractivity contribution in [3.63, 3.8) is 0 Å². The van der Waals surface area contributed by atoms with Crippen molar-refractivity contribution in [1.82, 2.24) is 15.3 Å². The van der Waals surface area contributed by atoms with Gasteiger partial charge in [0.2, 0.25) is 5.95 Å². The lowest BCUT2D eigenvalue weighted by molar-refractivity contribution is 0.0948. The topological polar surface area (TPSA) is 76.1 Å². The monoisotopic (exact) mass is 328 g/mol. The third-order valence-corrected chi connectivity index (χ3v) is 3.47. The van der Waals surface area contributed by atoms with Crippen LogP contribution in [0.4, 0.5) is 5.95 Å². The summed E-state index contributed by atoms with van der Waals surface area (Å²) >= 11 is 0. The molecule has 2 rings (SSSR count). The van der Waals surface area contributed by atoms with Gasteiger partial charge in [-0.25, -0.2) is 9.97 Å². The number of carbonyl (C=O) groups is 1. The molecule has 0 aliphatic rings. The number of nitrogens with zero attached hydrogens (tertiary/aromatic N) is 2. The largest absolute Gasteiger partial charge is 0.385 e. The number of methoxy groups -OCH3 is 1. The SMILES string of the molecule is COCCCNc1nccc(C(=O)NCCCc2ccccc2)n1. The molecule has 128 valence electrons. The van der Waals surface area contributed by atoms with Crippen molar-refractivity contribution in [3.8, 4) is 0 Å². The standard InChI is InChI=1S/C18H24N4O2/c1-24-14-6-12-20-18-21-13-10-16(22-18)17(23)19-11-5-9-15-7-3-2-4-8-15/h2-4,7-8,10,13H,5-6,9,11-12,14H2,1H3,(H,19,23)(H,20,21,22). The van der Waals surface area contributed by atoms with Crippen LogP contribution in [0.5, 0.6) is 0 Å². The van der Waals surface area contributed by atoms with E-state index in [4.69, 9.17) is 4.74 Å². The minimum absolute atomic E-state index is 0.176. The second-order valence-electron chi connectivity index (χ2n) is 5.38. The Hall–Kier alpha value is -2.47. The van der Waals surface area contributed by atoms with Crippen molar-refractivity contribution >= 4 is 11.9 Å². The first kappa shape index (κ1) is 17.9. The molecule has 0 saturated carbocycles. The van der Waals surface area contributed by atoms with Crippen LogP contribution in [0.25, 0.3) is 0 Å². The quantitative estimate of drug-likeness (QED) is 0.655. The molecule has 2 aromatic rings. The predicted octanol–water partition coefficient (Wildman–Crippen LogP) is 2.29.